The number of rotatable bonds is 6. The number of nitrogens with one attached hydrogen (secondary N) is 1. The normalized spacial score (nSPS) is 14.0. The second-order valence-corrected chi connectivity index (χ2v) is 9.34. The molecule has 0 bridgehead atoms. The molecule has 156 valence electrons. The summed E-state index contributed by atoms with van der Waals surface area (Å²) < 4.78 is 1.71. The molecular weight excluding hydrogens is 430 g/mol. The molecule has 1 amide bonds. The van der Waals surface area contributed by atoms with Gasteiger partial charge in [-0.3, -0.25) is 4.79 Å². The van der Waals surface area contributed by atoms with Crippen LogP contribution in [0.25, 0.3) is 16.3 Å². The van der Waals surface area contributed by atoms with Crippen molar-refractivity contribution in [2.24, 2.45) is 0 Å². The molecule has 31 heavy (non-hydrogen) atoms. The first-order valence-electron chi connectivity index (χ1n) is 9.93. The topological polar surface area (TPSA) is 94.5 Å². The lowest BCUT2D eigenvalue weighted by Gasteiger charge is -2.09. The van der Waals surface area contributed by atoms with Gasteiger partial charge in [-0.25, -0.2) is 4.68 Å². The molecule has 8 heteroatoms. The van der Waals surface area contributed by atoms with E-state index in [1.165, 1.54) is 0 Å². The summed E-state index contributed by atoms with van der Waals surface area (Å²) in [5.41, 5.74) is 2.71. The molecule has 6 nitrogen and oxygen atoms in total. The molecule has 0 aliphatic heterocycles. The van der Waals surface area contributed by atoms with E-state index in [4.69, 9.17) is 16.9 Å². The van der Waals surface area contributed by atoms with Crippen LogP contribution in [0.5, 0.6) is 0 Å². The number of carbonyl (C=O) groups is 1. The van der Waals surface area contributed by atoms with Crippen LogP contribution in [0.3, 0.4) is 0 Å². The third-order valence-electron chi connectivity index (χ3n) is 5.36. The van der Waals surface area contributed by atoms with Gasteiger partial charge in [0.05, 0.1) is 33.4 Å². The highest BCUT2D eigenvalue weighted by molar-refractivity contribution is 7.15. The molecule has 1 saturated carbocycles. The molecule has 2 heterocycles. The molecule has 1 aromatic carbocycles. The van der Waals surface area contributed by atoms with Crippen molar-refractivity contribution in [1.82, 2.24) is 15.1 Å². The minimum Gasteiger partial charge on any atom is -0.332 e. The average Bonchev–Trinajstić information content (AvgIpc) is 3.21. The SMILES string of the molecule is Cc1ccc(-n2nc(C(=O)NC3(C#N)CC3)c(C)c2-c2ccc(CCC#N)s2)c(Cl)c1. The molecule has 0 unspecified atom stereocenters. The summed E-state index contributed by atoms with van der Waals surface area (Å²) in [5.74, 6) is -0.360. The summed E-state index contributed by atoms with van der Waals surface area (Å²) in [4.78, 5) is 15.0. The van der Waals surface area contributed by atoms with Crippen LogP contribution < -0.4 is 5.32 Å². The standard InChI is InChI=1S/C23H20ClN5OS/c1-14-5-7-18(17(24)12-14)29-21(19-8-6-16(31-19)4-3-11-25)15(2)20(28-29)22(30)27-23(13-26)9-10-23/h5-8,12H,3-4,9-10H2,1-2H3,(H,27,30). The summed E-state index contributed by atoms with van der Waals surface area (Å²) in [7, 11) is 0. The molecule has 1 fully saturated rings. The zero-order valence-electron chi connectivity index (χ0n) is 17.2. The second kappa shape index (κ2) is 8.19. The Hall–Kier alpha value is -3.13. The van der Waals surface area contributed by atoms with Gasteiger partial charge in [-0.2, -0.15) is 15.6 Å². The van der Waals surface area contributed by atoms with Crippen LogP contribution in [0.1, 0.15) is 45.8 Å². The van der Waals surface area contributed by atoms with Crippen LogP contribution in [0.15, 0.2) is 30.3 Å². The molecule has 3 aromatic rings. The fourth-order valence-corrected chi connectivity index (χ4v) is 4.85. The molecule has 0 atom stereocenters. The molecule has 0 spiro atoms. The zero-order valence-corrected chi connectivity index (χ0v) is 18.8. The third-order valence-corrected chi connectivity index (χ3v) is 6.82. The van der Waals surface area contributed by atoms with Crippen molar-refractivity contribution >= 4 is 28.8 Å². The lowest BCUT2D eigenvalue weighted by molar-refractivity contribution is 0.0935. The van der Waals surface area contributed by atoms with Crippen molar-refractivity contribution < 1.29 is 4.79 Å². The predicted octanol–water partition coefficient (Wildman–Crippen LogP) is 5.11. The molecule has 0 saturated heterocycles. The second-order valence-electron chi connectivity index (χ2n) is 7.76. The Bertz CT molecular complexity index is 1260. The van der Waals surface area contributed by atoms with Crippen LogP contribution in [0.4, 0.5) is 0 Å². The number of aromatic nitrogens is 2. The maximum absolute atomic E-state index is 13.0. The number of carbonyl (C=O) groups excluding carboxylic acids is 1. The summed E-state index contributed by atoms with van der Waals surface area (Å²) in [6.45, 7) is 3.82. The third kappa shape index (κ3) is 4.07. The van der Waals surface area contributed by atoms with E-state index < -0.39 is 5.54 Å². The minimum atomic E-state index is -0.775. The van der Waals surface area contributed by atoms with Crippen molar-refractivity contribution in [3.63, 3.8) is 0 Å². The van der Waals surface area contributed by atoms with Gasteiger partial charge in [0.15, 0.2) is 5.69 Å². The van der Waals surface area contributed by atoms with Gasteiger partial charge in [0.2, 0.25) is 0 Å². The summed E-state index contributed by atoms with van der Waals surface area (Å²) >= 11 is 8.11. The van der Waals surface area contributed by atoms with Gasteiger partial charge in [0.25, 0.3) is 5.91 Å². The molecule has 4 rings (SSSR count). The number of halogens is 1. The molecule has 1 N–H and O–H groups in total. The van der Waals surface area contributed by atoms with E-state index in [2.05, 4.69) is 22.6 Å². The van der Waals surface area contributed by atoms with E-state index in [9.17, 15) is 10.1 Å². The van der Waals surface area contributed by atoms with Crippen LogP contribution in [-0.4, -0.2) is 21.2 Å². The molecule has 2 aromatic heterocycles. The Morgan fingerprint density at radius 3 is 2.71 bits per heavy atom. The Morgan fingerprint density at radius 2 is 2.06 bits per heavy atom. The zero-order chi connectivity index (χ0) is 22.2. The fraction of sp³-hybridized carbons (Fsp3) is 0.304. The van der Waals surface area contributed by atoms with Gasteiger partial charge in [0.1, 0.15) is 5.54 Å². The van der Waals surface area contributed by atoms with Gasteiger partial charge < -0.3 is 5.32 Å². The highest BCUT2D eigenvalue weighted by Crippen LogP contribution is 2.38. The Labute approximate surface area is 189 Å². The Kier molecular flexibility index (Phi) is 5.58. The van der Waals surface area contributed by atoms with Gasteiger partial charge in [-0.1, -0.05) is 17.7 Å². The maximum Gasteiger partial charge on any atom is 0.273 e. The number of thiophene rings is 1. The van der Waals surface area contributed by atoms with Gasteiger partial charge >= 0.3 is 0 Å². The number of nitriles is 2. The number of hydrogen-bond donors (Lipinski definition) is 1. The van der Waals surface area contributed by atoms with E-state index in [0.29, 0.717) is 36.4 Å². The summed E-state index contributed by atoms with van der Waals surface area (Å²) in [6, 6.07) is 14.0. The number of hydrogen-bond acceptors (Lipinski definition) is 5. The predicted molar refractivity (Wildman–Crippen MR) is 120 cm³/mol. The van der Waals surface area contributed by atoms with Gasteiger partial charge in [-0.05, 0) is 62.9 Å². The van der Waals surface area contributed by atoms with Crippen molar-refractivity contribution in [3.8, 4) is 28.4 Å². The van der Waals surface area contributed by atoms with Crippen molar-refractivity contribution in [1.29, 1.82) is 10.5 Å². The fourth-order valence-electron chi connectivity index (χ4n) is 3.44. The van der Waals surface area contributed by atoms with Crippen molar-refractivity contribution in [2.45, 2.75) is 45.1 Å². The first-order valence-corrected chi connectivity index (χ1v) is 11.1. The minimum absolute atomic E-state index is 0.278. The smallest absolute Gasteiger partial charge is 0.273 e. The van der Waals surface area contributed by atoms with Crippen LogP contribution in [0, 0.1) is 36.5 Å². The Morgan fingerprint density at radius 1 is 1.29 bits per heavy atom. The quantitative estimate of drug-likeness (QED) is 0.565. The van der Waals surface area contributed by atoms with E-state index in [-0.39, 0.29) is 11.6 Å². The van der Waals surface area contributed by atoms with E-state index in [1.54, 1.807) is 16.0 Å². The van der Waals surface area contributed by atoms with Crippen molar-refractivity contribution in [3.05, 3.63) is 57.1 Å². The molecule has 1 aliphatic carbocycles. The van der Waals surface area contributed by atoms with Gasteiger partial charge in [0, 0.05) is 16.9 Å². The van der Waals surface area contributed by atoms with Gasteiger partial charge in [-0.15, -0.1) is 11.3 Å². The number of benzene rings is 1. The van der Waals surface area contributed by atoms with Crippen LogP contribution in [0.2, 0.25) is 5.02 Å². The van der Waals surface area contributed by atoms with Crippen LogP contribution >= 0.6 is 22.9 Å². The van der Waals surface area contributed by atoms with E-state index in [1.807, 2.05) is 44.2 Å². The highest BCUT2D eigenvalue weighted by atomic mass is 35.5. The van der Waals surface area contributed by atoms with Crippen molar-refractivity contribution in [2.75, 3.05) is 0 Å². The van der Waals surface area contributed by atoms with Crippen LogP contribution in [-0.2, 0) is 6.42 Å². The largest absolute Gasteiger partial charge is 0.332 e. The number of nitrogens with zero attached hydrogens (tertiary/aromatic N) is 4. The Balaban J connectivity index is 1.82. The van der Waals surface area contributed by atoms with E-state index in [0.717, 1.165) is 26.6 Å². The number of aryl methyl sites for hydroxylation is 2. The summed E-state index contributed by atoms with van der Waals surface area (Å²) in [5, 5.41) is 26.2. The molecular formula is C23H20ClN5OS. The first-order chi connectivity index (χ1) is 14.9. The average molecular weight is 450 g/mol. The molecule has 0 radical (unpaired) electrons. The van der Waals surface area contributed by atoms with E-state index >= 15 is 0 Å². The first kappa shape index (κ1) is 21.1. The lowest BCUT2D eigenvalue weighted by Crippen LogP contribution is -2.36. The number of amides is 1. The lowest BCUT2D eigenvalue weighted by atomic mass is 10.1. The summed E-state index contributed by atoms with van der Waals surface area (Å²) in [6.07, 6.45) is 2.43. The monoisotopic (exact) mass is 449 g/mol. The highest BCUT2D eigenvalue weighted by Gasteiger charge is 2.45. The maximum atomic E-state index is 13.0. The molecule has 1 aliphatic rings.